The van der Waals surface area contributed by atoms with Crippen LogP contribution in [0.5, 0.6) is 0 Å². The number of oxime groups is 1. The Bertz CT molecular complexity index is 528. The van der Waals surface area contributed by atoms with Crippen LogP contribution in [0.2, 0.25) is 0 Å². The first-order valence-electron chi connectivity index (χ1n) is 5.79. The Morgan fingerprint density at radius 1 is 1.55 bits per heavy atom. The minimum Gasteiger partial charge on any atom is -0.495 e. The van der Waals surface area contributed by atoms with Crippen molar-refractivity contribution in [3.63, 3.8) is 0 Å². The number of methoxy groups -OCH3 is 2. The molecule has 20 heavy (non-hydrogen) atoms. The number of aliphatic hydroxyl groups is 1. The average Bonchev–Trinajstić information content (AvgIpc) is 2.45. The van der Waals surface area contributed by atoms with Gasteiger partial charge in [-0.05, 0) is 37.9 Å². The lowest BCUT2D eigenvalue weighted by atomic mass is 9.85. The van der Waals surface area contributed by atoms with Gasteiger partial charge in [-0.3, -0.25) is 0 Å². The highest BCUT2D eigenvalue weighted by atomic mass is 79.9. The lowest BCUT2D eigenvalue weighted by Gasteiger charge is -2.38. The van der Waals surface area contributed by atoms with Crippen LogP contribution in [0.15, 0.2) is 26.0 Å². The van der Waals surface area contributed by atoms with Crippen molar-refractivity contribution < 1.29 is 24.2 Å². The summed E-state index contributed by atoms with van der Waals surface area (Å²) in [6, 6.07) is 0. The molecule has 0 unspecified atom stereocenters. The lowest BCUT2D eigenvalue weighted by molar-refractivity contribution is -0.134. The van der Waals surface area contributed by atoms with Crippen molar-refractivity contribution in [3.05, 3.63) is 20.8 Å². The molecular formula is C12H13Br2NO5. The number of aliphatic hydroxyl groups excluding tert-OH is 1. The van der Waals surface area contributed by atoms with Crippen molar-refractivity contribution in [1.82, 2.24) is 0 Å². The molecular weight excluding hydrogens is 398 g/mol. The molecule has 0 fully saturated rings. The van der Waals surface area contributed by atoms with Gasteiger partial charge in [0.1, 0.15) is 11.9 Å². The van der Waals surface area contributed by atoms with E-state index in [9.17, 15) is 9.90 Å². The fourth-order valence-electron chi connectivity index (χ4n) is 2.09. The van der Waals surface area contributed by atoms with Crippen LogP contribution in [0.4, 0.5) is 0 Å². The first-order chi connectivity index (χ1) is 9.45. The normalized spacial score (nSPS) is 29.6. The van der Waals surface area contributed by atoms with Crippen molar-refractivity contribution >= 4 is 43.5 Å². The van der Waals surface area contributed by atoms with Gasteiger partial charge in [-0.1, -0.05) is 5.16 Å². The molecule has 2 atom stereocenters. The summed E-state index contributed by atoms with van der Waals surface area (Å²) < 4.78 is 10.9. The molecule has 2 aliphatic rings. The SMILES string of the molecule is COC(=O)C1=NO[C@@]2(C=C(Br)C(OC)=C(Br)[C@@H]2O)CC1. The van der Waals surface area contributed by atoms with E-state index in [0.29, 0.717) is 27.6 Å². The van der Waals surface area contributed by atoms with Gasteiger partial charge < -0.3 is 19.4 Å². The second-order valence-corrected chi connectivity index (χ2v) is 6.06. The number of carbonyl (C=O) groups is 1. The molecule has 1 N–H and O–H groups in total. The Hall–Kier alpha value is -0.860. The highest BCUT2D eigenvalue weighted by Crippen LogP contribution is 2.43. The molecule has 0 amide bonds. The molecule has 0 radical (unpaired) electrons. The number of ether oxygens (including phenoxy) is 2. The fraction of sp³-hybridized carbons (Fsp3) is 0.500. The van der Waals surface area contributed by atoms with E-state index < -0.39 is 17.7 Å². The quantitative estimate of drug-likeness (QED) is 0.704. The van der Waals surface area contributed by atoms with Crippen molar-refractivity contribution in [2.75, 3.05) is 14.2 Å². The number of hydrogen-bond donors (Lipinski definition) is 1. The zero-order valence-electron chi connectivity index (χ0n) is 10.9. The Labute approximate surface area is 132 Å². The summed E-state index contributed by atoms with van der Waals surface area (Å²) in [7, 11) is 2.79. The topological polar surface area (TPSA) is 77.4 Å². The summed E-state index contributed by atoms with van der Waals surface area (Å²) in [5.41, 5.74) is -0.829. The Kier molecular flexibility index (Phi) is 4.55. The minimum atomic E-state index is -1.03. The Morgan fingerprint density at radius 2 is 2.25 bits per heavy atom. The van der Waals surface area contributed by atoms with E-state index in [4.69, 9.17) is 9.57 Å². The maximum absolute atomic E-state index is 11.4. The van der Waals surface area contributed by atoms with Crippen molar-refractivity contribution in [3.8, 4) is 0 Å². The second-order valence-electron chi connectivity index (χ2n) is 4.35. The maximum atomic E-state index is 11.4. The van der Waals surface area contributed by atoms with Crippen LogP contribution in [-0.2, 0) is 19.1 Å². The maximum Gasteiger partial charge on any atom is 0.355 e. The van der Waals surface area contributed by atoms with Crippen molar-refractivity contribution in [2.24, 2.45) is 5.16 Å². The van der Waals surface area contributed by atoms with Crippen LogP contribution in [-0.4, -0.2) is 42.7 Å². The molecule has 1 aliphatic carbocycles. The van der Waals surface area contributed by atoms with E-state index >= 15 is 0 Å². The van der Waals surface area contributed by atoms with Crippen LogP contribution in [0, 0.1) is 0 Å². The van der Waals surface area contributed by atoms with Gasteiger partial charge in [0.05, 0.1) is 23.2 Å². The van der Waals surface area contributed by atoms with E-state index in [-0.39, 0.29) is 5.71 Å². The number of nitrogens with zero attached hydrogens (tertiary/aromatic N) is 1. The molecule has 8 heteroatoms. The number of rotatable bonds is 2. The number of carbonyl (C=O) groups excluding carboxylic acids is 1. The van der Waals surface area contributed by atoms with E-state index in [1.165, 1.54) is 14.2 Å². The third kappa shape index (κ3) is 2.51. The largest absolute Gasteiger partial charge is 0.495 e. The van der Waals surface area contributed by atoms with Crippen LogP contribution < -0.4 is 0 Å². The highest BCUT2D eigenvalue weighted by molar-refractivity contribution is 9.12. The minimum absolute atomic E-state index is 0.201. The molecule has 0 saturated heterocycles. The zero-order valence-corrected chi connectivity index (χ0v) is 14.0. The smallest absolute Gasteiger partial charge is 0.355 e. The van der Waals surface area contributed by atoms with Gasteiger partial charge in [-0.15, -0.1) is 0 Å². The van der Waals surface area contributed by atoms with E-state index in [0.717, 1.165) is 0 Å². The van der Waals surface area contributed by atoms with E-state index in [2.05, 4.69) is 41.8 Å². The van der Waals surface area contributed by atoms with Gasteiger partial charge in [-0.2, -0.15) is 0 Å². The molecule has 1 aliphatic heterocycles. The van der Waals surface area contributed by atoms with E-state index in [1.807, 2.05) is 0 Å². The van der Waals surface area contributed by atoms with Gasteiger partial charge in [0.2, 0.25) is 0 Å². The lowest BCUT2D eigenvalue weighted by Crippen LogP contribution is -2.47. The van der Waals surface area contributed by atoms with E-state index in [1.54, 1.807) is 6.08 Å². The molecule has 0 aromatic heterocycles. The summed E-state index contributed by atoms with van der Waals surface area (Å²) in [6.45, 7) is 0. The monoisotopic (exact) mass is 409 g/mol. The molecule has 110 valence electrons. The van der Waals surface area contributed by atoms with Crippen LogP contribution in [0.1, 0.15) is 12.8 Å². The molecule has 1 spiro atoms. The predicted molar refractivity (Wildman–Crippen MR) is 78.5 cm³/mol. The third-order valence-corrected chi connectivity index (χ3v) is 4.59. The standard InChI is InChI=1S/C12H13Br2NO5/c1-18-9-6(13)5-12(10(16)8(9)14)4-3-7(15-20-12)11(17)19-2/h5,10,16H,3-4H2,1-2H3/t10-,12+/m0/s1. The third-order valence-electron chi connectivity index (χ3n) is 3.21. The summed E-state index contributed by atoms with van der Waals surface area (Å²) >= 11 is 6.67. The van der Waals surface area contributed by atoms with Crippen molar-refractivity contribution in [2.45, 2.75) is 24.5 Å². The van der Waals surface area contributed by atoms with Crippen LogP contribution in [0.3, 0.4) is 0 Å². The van der Waals surface area contributed by atoms with Gasteiger partial charge in [-0.25, -0.2) is 4.79 Å². The predicted octanol–water partition coefficient (Wildman–Crippen LogP) is 1.97. The van der Waals surface area contributed by atoms with Crippen LogP contribution in [0.25, 0.3) is 0 Å². The molecule has 0 aromatic rings. The average molecular weight is 411 g/mol. The van der Waals surface area contributed by atoms with Gasteiger partial charge in [0.15, 0.2) is 11.3 Å². The Balaban J connectivity index is 2.30. The zero-order chi connectivity index (χ0) is 14.9. The molecule has 2 rings (SSSR count). The Morgan fingerprint density at radius 3 is 2.75 bits per heavy atom. The van der Waals surface area contributed by atoms with Gasteiger partial charge in [0, 0.05) is 12.8 Å². The molecule has 0 saturated carbocycles. The van der Waals surface area contributed by atoms with Gasteiger partial charge in [0.25, 0.3) is 0 Å². The number of halogens is 2. The number of esters is 1. The molecule has 0 bridgehead atoms. The summed E-state index contributed by atoms with van der Waals surface area (Å²) in [5, 5.41) is 14.2. The fourth-order valence-corrected chi connectivity index (χ4v) is 3.89. The highest BCUT2D eigenvalue weighted by Gasteiger charge is 2.47. The molecule has 6 nitrogen and oxygen atoms in total. The van der Waals surface area contributed by atoms with Crippen LogP contribution >= 0.6 is 31.9 Å². The van der Waals surface area contributed by atoms with Gasteiger partial charge >= 0.3 is 5.97 Å². The first-order valence-corrected chi connectivity index (χ1v) is 7.37. The summed E-state index contributed by atoms with van der Waals surface area (Å²) in [4.78, 5) is 16.8. The number of allylic oxidation sites excluding steroid dienone is 1. The molecule has 0 aromatic carbocycles. The first kappa shape index (κ1) is 15.5. The summed E-state index contributed by atoms with van der Waals surface area (Å²) in [6.07, 6.45) is 1.47. The molecule has 1 heterocycles. The summed E-state index contributed by atoms with van der Waals surface area (Å²) in [5.74, 6) is -0.0325. The number of hydrogen-bond acceptors (Lipinski definition) is 6. The van der Waals surface area contributed by atoms with Crippen molar-refractivity contribution in [1.29, 1.82) is 0 Å². The second kappa shape index (κ2) is 5.87.